The second kappa shape index (κ2) is 25.3. The molecule has 0 atom stereocenters. The number of hydrogen-bond donors (Lipinski definition) is 0. The first kappa shape index (κ1) is 66.4. The summed E-state index contributed by atoms with van der Waals surface area (Å²) in [4.78, 5) is 5.43. The summed E-state index contributed by atoms with van der Waals surface area (Å²) in [5.74, 6) is 0. The Labute approximate surface area is 602 Å². The molecule has 0 aromatic heterocycles. The Hall–Kier alpha value is -10.5. The molecular formula is C98H93BN2. The summed E-state index contributed by atoms with van der Waals surface area (Å²) in [6.45, 7) is 35.1. The summed E-state index contributed by atoms with van der Waals surface area (Å²) in [6, 6.07) is 112. The van der Waals surface area contributed by atoms with E-state index in [0.717, 1.165) is 78.6 Å². The van der Waals surface area contributed by atoms with Crippen LogP contribution in [-0.2, 0) is 27.1 Å². The van der Waals surface area contributed by atoms with Gasteiger partial charge < -0.3 is 9.80 Å². The zero-order valence-corrected chi connectivity index (χ0v) is 61.7. The van der Waals surface area contributed by atoms with E-state index in [1.165, 1.54) is 88.7 Å². The molecule has 0 N–H and O–H groups in total. The van der Waals surface area contributed by atoms with Crippen molar-refractivity contribution < 1.29 is 0 Å². The third-order valence-corrected chi connectivity index (χ3v) is 21.1. The fourth-order valence-electron chi connectivity index (χ4n) is 15.3. The van der Waals surface area contributed by atoms with Crippen LogP contribution in [-0.4, -0.2) is 6.71 Å². The van der Waals surface area contributed by atoms with Gasteiger partial charge in [0.25, 0.3) is 6.71 Å². The van der Waals surface area contributed by atoms with E-state index < -0.39 is 0 Å². The lowest BCUT2D eigenvalue weighted by Gasteiger charge is -2.46. The van der Waals surface area contributed by atoms with Crippen molar-refractivity contribution >= 4 is 57.2 Å². The van der Waals surface area contributed by atoms with Gasteiger partial charge in [-0.2, -0.15) is 0 Å². The minimum atomic E-state index is -0.304. The molecule has 101 heavy (non-hydrogen) atoms. The molecule has 3 heteroatoms. The minimum Gasteiger partial charge on any atom is -0.310 e. The molecule has 0 unspecified atom stereocenters. The van der Waals surface area contributed by atoms with Gasteiger partial charge in [-0.05, 0) is 187 Å². The highest BCUT2D eigenvalue weighted by Gasteiger charge is 2.46. The van der Waals surface area contributed by atoms with Crippen LogP contribution >= 0.6 is 0 Å². The van der Waals surface area contributed by atoms with Crippen LogP contribution in [0.2, 0.25) is 0 Å². The van der Waals surface area contributed by atoms with Gasteiger partial charge in [0, 0.05) is 45.0 Å². The van der Waals surface area contributed by atoms with Crippen LogP contribution in [0.25, 0.3) is 89.0 Å². The second-order valence-corrected chi connectivity index (χ2v) is 33.5. The molecule has 2 aliphatic heterocycles. The van der Waals surface area contributed by atoms with Gasteiger partial charge in [-0.3, -0.25) is 0 Å². The zero-order chi connectivity index (χ0) is 70.5. The van der Waals surface area contributed by atoms with E-state index in [-0.39, 0.29) is 33.8 Å². The van der Waals surface area contributed by atoms with Crippen LogP contribution in [0.4, 0.5) is 34.1 Å². The average Bonchev–Trinajstić information content (AvgIpc) is 0.686. The van der Waals surface area contributed by atoms with E-state index >= 15 is 0 Å². The molecule has 0 spiro atoms. The summed E-state index contributed by atoms with van der Waals surface area (Å²) in [6.07, 6.45) is 0. The molecule has 2 aliphatic rings. The van der Waals surface area contributed by atoms with E-state index in [1.54, 1.807) is 0 Å². The highest BCUT2D eigenvalue weighted by Crippen LogP contribution is 2.56. The third-order valence-electron chi connectivity index (χ3n) is 21.1. The molecule has 0 amide bonds. The number of nitrogens with zero attached hydrogens (tertiary/aromatic N) is 2. The van der Waals surface area contributed by atoms with Crippen LogP contribution in [0.15, 0.2) is 291 Å². The van der Waals surface area contributed by atoms with Crippen molar-refractivity contribution in [3.05, 3.63) is 319 Å². The van der Waals surface area contributed by atoms with Gasteiger partial charge in [0.05, 0.1) is 11.4 Å². The average molecular weight is 1310 g/mol. The SMILES string of the molecule is CC(C)(C)c1cc(-c2cc(-c3ccccc3)c(N3c4ccc(-c5ccccc5)cc4B4c5cc(-c6ccccc6)ccc5N(c5c(-c6ccccc6)cc(-c6cc(C(C)(C)C)cc(C(C)(C)C)c6)cc5-c5ccccc5)c5cc(C(C)(C)C)cc3c54)c(-c3ccccc3)c2)cc(C(C)(C)C)c1. The van der Waals surface area contributed by atoms with Crippen LogP contribution < -0.4 is 26.2 Å². The molecule has 0 saturated carbocycles. The van der Waals surface area contributed by atoms with Crippen LogP contribution in [0.1, 0.15) is 132 Å². The molecule has 2 nitrogen and oxygen atoms in total. The number of fused-ring (bicyclic) bond motifs is 4. The zero-order valence-electron chi connectivity index (χ0n) is 61.7. The van der Waals surface area contributed by atoms with Gasteiger partial charge in [-0.15, -0.1) is 0 Å². The Morgan fingerprint density at radius 3 is 0.693 bits per heavy atom. The third kappa shape index (κ3) is 12.6. The predicted octanol–water partition coefficient (Wildman–Crippen LogP) is 25.6. The summed E-state index contributed by atoms with van der Waals surface area (Å²) in [7, 11) is 0. The van der Waals surface area contributed by atoms with Crippen molar-refractivity contribution in [3.8, 4) is 89.0 Å². The van der Waals surface area contributed by atoms with Crippen molar-refractivity contribution in [2.24, 2.45) is 0 Å². The Morgan fingerprint density at radius 1 is 0.198 bits per heavy atom. The quantitative estimate of drug-likeness (QED) is 0.126. The van der Waals surface area contributed by atoms with Gasteiger partial charge in [0.15, 0.2) is 0 Å². The molecule has 0 bridgehead atoms. The lowest BCUT2D eigenvalue weighted by Crippen LogP contribution is -2.61. The summed E-state index contributed by atoms with van der Waals surface area (Å²) < 4.78 is 0. The van der Waals surface area contributed by atoms with E-state index in [4.69, 9.17) is 0 Å². The first-order chi connectivity index (χ1) is 48.2. The van der Waals surface area contributed by atoms with E-state index in [9.17, 15) is 0 Å². The molecule has 2 heterocycles. The monoisotopic (exact) mass is 1310 g/mol. The van der Waals surface area contributed by atoms with E-state index in [0.29, 0.717) is 0 Å². The maximum Gasteiger partial charge on any atom is 0.252 e. The number of rotatable bonds is 10. The highest BCUT2D eigenvalue weighted by atomic mass is 15.2. The first-order valence-electron chi connectivity index (χ1n) is 36.3. The van der Waals surface area contributed by atoms with Gasteiger partial charge in [0.2, 0.25) is 0 Å². The lowest BCUT2D eigenvalue weighted by atomic mass is 9.33. The maximum absolute atomic E-state index is 2.72. The van der Waals surface area contributed by atoms with E-state index in [1.807, 2.05) is 0 Å². The van der Waals surface area contributed by atoms with Crippen molar-refractivity contribution in [3.63, 3.8) is 0 Å². The van der Waals surface area contributed by atoms with Crippen LogP contribution in [0.5, 0.6) is 0 Å². The topological polar surface area (TPSA) is 6.48 Å². The van der Waals surface area contributed by atoms with Gasteiger partial charge >= 0.3 is 0 Å². The van der Waals surface area contributed by atoms with Gasteiger partial charge in [-0.1, -0.05) is 347 Å². The van der Waals surface area contributed by atoms with Crippen LogP contribution in [0.3, 0.4) is 0 Å². The molecule has 13 aromatic rings. The number of hydrogen-bond acceptors (Lipinski definition) is 2. The molecule has 0 fully saturated rings. The molecule has 0 radical (unpaired) electrons. The van der Waals surface area contributed by atoms with Crippen LogP contribution in [0, 0.1) is 0 Å². The molecule has 13 aromatic carbocycles. The van der Waals surface area contributed by atoms with Crippen molar-refractivity contribution in [2.45, 2.75) is 131 Å². The Balaban J connectivity index is 1.12. The highest BCUT2D eigenvalue weighted by molar-refractivity contribution is 7.00. The minimum absolute atomic E-state index is 0.0847. The Kier molecular flexibility index (Phi) is 16.6. The molecular weight excluding hydrogens is 1220 g/mol. The fraction of sp³-hybridized carbons (Fsp3) is 0.204. The normalized spacial score (nSPS) is 13.0. The Morgan fingerprint density at radius 2 is 0.436 bits per heavy atom. The summed E-state index contributed by atoms with van der Waals surface area (Å²) >= 11 is 0. The molecule has 0 saturated heterocycles. The molecule has 0 aliphatic carbocycles. The van der Waals surface area contributed by atoms with Crippen molar-refractivity contribution in [1.82, 2.24) is 0 Å². The Bertz CT molecular complexity index is 4760. The summed E-state index contributed by atoms with van der Waals surface area (Å²) in [5.41, 5.74) is 35.3. The summed E-state index contributed by atoms with van der Waals surface area (Å²) in [5, 5.41) is 0. The maximum atomic E-state index is 2.72. The second-order valence-electron chi connectivity index (χ2n) is 33.5. The standard InChI is InChI=1S/C98H93BN2/c1-94(2,3)76-50-72(51-77(60-76)95(4,5)6)74-54-81(66-38-26-18-27-39-66)92(82(55-74)67-40-28-19-29-41-67)100-87-48-46-70(64-34-22-16-23-35-64)58-85(87)99-86-59-71(65-36-24-17-25-37-65)47-49-88(86)101(90-63-80(98(13,14)15)62-89(100)91(90)99)93-83(68-42-30-20-31-43-68)56-75(57-84(93)69-44-32-21-33-45-69)73-52-78(96(7,8)9)61-79(53-73)97(10,11)12/h16-63H,1-15H3. The number of benzene rings is 13. The van der Waals surface area contributed by atoms with Crippen molar-refractivity contribution in [2.75, 3.05) is 9.80 Å². The van der Waals surface area contributed by atoms with Crippen molar-refractivity contribution in [1.29, 1.82) is 0 Å². The fourth-order valence-corrected chi connectivity index (χ4v) is 15.3. The largest absolute Gasteiger partial charge is 0.310 e. The smallest absolute Gasteiger partial charge is 0.252 e. The van der Waals surface area contributed by atoms with E-state index in [2.05, 4.69) is 405 Å². The van der Waals surface area contributed by atoms with Gasteiger partial charge in [0.1, 0.15) is 0 Å². The predicted molar refractivity (Wildman–Crippen MR) is 437 cm³/mol. The first-order valence-corrected chi connectivity index (χ1v) is 36.3. The number of anilines is 6. The molecule has 498 valence electrons. The lowest BCUT2D eigenvalue weighted by molar-refractivity contribution is 0.568. The van der Waals surface area contributed by atoms with Gasteiger partial charge in [-0.25, -0.2) is 0 Å². The molecule has 15 rings (SSSR count).